The number of carboxylic acid groups (broad SMARTS) is 1. The van der Waals surface area contributed by atoms with Gasteiger partial charge in [-0.25, -0.2) is 4.79 Å². The number of carbonyl (C=O) groups excluding carboxylic acids is 1. The fourth-order valence-corrected chi connectivity index (χ4v) is 1.74. The first-order chi connectivity index (χ1) is 6.65. The van der Waals surface area contributed by atoms with Gasteiger partial charge in [-0.2, -0.15) is 0 Å². The van der Waals surface area contributed by atoms with E-state index in [4.69, 9.17) is 5.11 Å². The Bertz CT molecular complexity index is 381. The lowest BCUT2D eigenvalue weighted by molar-refractivity contribution is -0.131. The topological polar surface area (TPSA) is 66.4 Å². The Morgan fingerprint density at radius 2 is 2.29 bits per heavy atom. The van der Waals surface area contributed by atoms with Gasteiger partial charge in [0.15, 0.2) is 0 Å². The second-order valence-electron chi connectivity index (χ2n) is 2.46. The van der Waals surface area contributed by atoms with Crippen LogP contribution >= 0.6 is 11.3 Å². The molecular formula is C9H9NO3S. The van der Waals surface area contributed by atoms with Crippen molar-refractivity contribution in [1.29, 1.82) is 0 Å². The van der Waals surface area contributed by atoms with Gasteiger partial charge in [-0.3, -0.25) is 4.79 Å². The van der Waals surface area contributed by atoms with Gasteiger partial charge in [0.1, 0.15) is 0 Å². The van der Waals surface area contributed by atoms with E-state index in [1.54, 1.807) is 11.4 Å². The summed E-state index contributed by atoms with van der Waals surface area (Å²) in [6.07, 6.45) is 2.41. The molecule has 1 aromatic heterocycles. The molecule has 0 aromatic carbocycles. The van der Waals surface area contributed by atoms with Gasteiger partial charge in [0, 0.05) is 13.1 Å². The van der Waals surface area contributed by atoms with Gasteiger partial charge in [0.05, 0.1) is 4.88 Å². The molecule has 1 heterocycles. The molecule has 1 rings (SSSR count). The fraction of sp³-hybridized carbons (Fsp3) is 0.111. The normalized spacial score (nSPS) is 10.4. The lowest BCUT2D eigenvalue weighted by atomic mass is 10.2. The van der Waals surface area contributed by atoms with Crippen LogP contribution in [0.3, 0.4) is 0 Å². The van der Waals surface area contributed by atoms with Crippen molar-refractivity contribution in [3.05, 3.63) is 28.0 Å². The Morgan fingerprint density at radius 1 is 1.57 bits per heavy atom. The van der Waals surface area contributed by atoms with E-state index in [1.807, 2.05) is 0 Å². The van der Waals surface area contributed by atoms with Crippen molar-refractivity contribution < 1.29 is 14.7 Å². The molecule has 74 valence electrons. The molecule has 0 aliphatic carbocycles. The Morgan fingerprint density at radius 3 is 2.86 bits per heavy atom. The van der Waals surface area contributed by atoms with Gasteiger partial charge in [-0.1, -0.05) is 0 Å². The molecule has 0 spiro atoms. The number of amides is 1. The number of carbonyl (C=O) groups is 2. The summed E-state index contributed by atoms with van der Waals surface area (Å²) >= 11 is 1.28. The maximum Gasteiger partial charge on any atom is 0.328 e. The molecule has 1 amide bonds. The molecule has 0 bridgehead atoms. The van der Waals surface area contributed by atoms with Crippen LogP contribution in [0.4, 0.5) is 0 Å². The van der Waals surface area contributed by atoms with Crippen molar-refractivity contribution in [1.82, 2.24) is 5.32 Å². The van der Waals surface area contributed by atoms with Crippen LogP contribution in [0.25, 0.3) is 6.08 Å². The zero-order chi connectivity index (χ0) is 10.6. The van der Waals surface area contributed by atoms with E-state index in [-0.39, 0.29) is 5.91 Å². The summed E-state index contributed by atoms with van der Waals surface area (Å²) in [4.78, 5) is 22.0. The van der Waals surface area contributed by atoms with Crippen molar-refractivity contribution in [2.24, 2.45) is 0 Å². The number of rotatable bonds is 3. The molecule has 0 saturated heterocycles. The van der Waals surface area contributed by atoms with E-state index < -0.39 is 5.97 Å². The first-order valence-electron chi connectivity index (χ1n) is 3.85. The molecule has 1 aromatic rings. The van der Waals surface area contributed by atoms with Crippen molar-refractivity contribution in [2.45, 2.75) is 0 Å². The van der Waals surface area contributed by atoms with E-state index in [9.17, 15) is 9.59 Å². The average Bonchev–Trinajstić information content (AvgIpc) is 2.61. The highest BCUT2D eigenvalue weighted by atomic mass is 32.1. The molecule has 0 aliphatic heterocycles. The number of hydrogen-bond acceptors (Lipinski definition) is 3. The first kappa shape index (κ1) is 10.5. The molecule has 0 fully saturated rings. The minimum Gasteiger partial charge on any atom is -0.478 e. The predicted molar refractivity (Wildman–Crippen MR) is 54.4 cm³/mol. The van der Waals surface area contributed by atoms with Crippen molar-refractivity contribution in [3.8, 4) is 0 Å². The maximum atomic E-state index is 11.3. The van der Waals surface area contributed by atoms with Crippen molar-refractivity contribution >= 4 is 29.3 Å². The van der Waals surface area contributed by atoms with E-state index >= 15 is 0 Å². The van der Waals surface area contributed by atoms with Crippen molar-refractivity contribution in [2.75, 3.05) is 7.05 Å². The summed E-state index contributed by atoms with van der Waals surface area (Å²) in [5, 5.41) is 12.6. The number of carboxylic acids is 1. The lowest BCUT2D eigenvalue weighted by Crippen LogP contribution is -2.17. The fourth-order valence-electron chi connectivity index (χ4n) is 0.910. The summed E-state index contributed by atoms with van der Waals surface area (Å²) in [5.74, 6) is -1.23. The van der Waals surface area contributed by atoms with Crippen LogP contribution in [0, 0.1) is 0 Å². The zero-order valence-electron chi connectivity index (χ0n) is 7.48. The largest absolute Gasteiger partial charge is 0.478 e. The van der Waals surface area contributed by atoms with Gasteiger partial charge in [0.25, 0.3) is 5.91 Å². The number of nitrogens with one attached hydrogen (secondary N) is 1. The van der Waals surface area contributed by atoms with Crippen LogP contribution < -0.4 is 5.32 Å². The molecule has 2 N–H and O–H groups in total. The molecule has 0 saturated carbocycles. The summed E-state index contributed by atoms with van der Waals surface area (Å²) in [6, 6.07) is 1.70. The highest BCUT2D eigenvalue weighted by Crippen LogP contribution is 2.17. The zero-order valence-corrected chi connectivity index (χ0v) is 8.30. The number of aliphatic carboxylic acids is 1. The Balaban J connectivity index is 2.93. The third-order valence-electron chi connectivity index (χ3n) is 1.53. The third kappa shape index (κ3) is 2.43. The Labute approximate surface area is 84.9 Å². The highest BCUT2D eigenvalue weighted by molar-refractivity contribution is 7.12. The Hall–Kier alpha value is -1.62. The molecule has 0 radical (unpaired) electrons. The number of hydrogen-bond donors (Lipinski definition) is 2. The average molecular weight is 211 g/mol. The summed E-state index contributed by atoms with van der Waals surface area (Å²) in [6.45, 7) is 0. The van der Waals surface area contributed by atoms with Gasteiger partial charge in [-0.15, -0.1) is 11.3 Å². The van der Waals surface area contributed by atoms with Crippen LogP contribution in [0.15, 0.2) is 17.5 Å². The van der Waals surface area contributed by atoms with Crippen LogP contribution in [-0.2, 0) is 4.79 Å². The van der Waals surface area contributed by atoms with E-state index in [1.165, 1.54) is 24.5 Å². The lowest BCUT2D eigenvalue weighted by Gasteiger charge is -1.96. The molecular weight excluding hydrogens is 202 g/mol. The quantitative estimate of drug-likeness (QED) is 0.738. The van der Waals surface area contributed by atoms with Crippen LogP contribution in [0.5, 0.6) is 0 Å². The highest BCUT2D eigenvalue weighted by Gasteiger charge is 2.08. The van der Waals surface area contributed by atoms with E-state index in [2.05, 4.69) is 5.32 Å². The maximum absolute atomic E-state index is 11.3. The first-order valence-corrected chi connectivity index (χ1v) is 4.73. The molecule has 5 heteroatoms. The second kappa shape index (κ2) is 4.57. The van der Waals surface area contributed by atoms with E-state index in [0.29, 0.717) is 10.4 Å². The minimum atomic E-state index is -1.03. The summed E-state index contributed by atoms with van der Waals surface area (Å²) in [5.41, 5.74) is 0.622. The van der Waals surface area contributed by atoms with Gasteiger partial charge >= 0.3 is 5.97 Å². The molecule has 14 heavy (non-hydrogen) atoms. The van der Waals surface area contributed by atoms with Gasteiger partial charge in [-0.05, 0) is 23.1 Å². The Kier molecular flexibility index (Phi) is 3.41. The van der Waals surface area contributed by atoms with Crippen LogP contribution in [0.1, 0.15) is 15.2 Å². The molecule has 4 nitrogen and oxygen atoms in total. The van der Waals surface area contributed by atoms with Crippen LogP contribution in [0.2, 0.25) is 0 Å². The van der Waals surface area contributed by atoms with Gasteiger partial charge < -0.3 is 10.4 Å². The summed E-state index contributed by atoms with van der Waals surface area (Å²) < 4.78 is 0. The van der Waals surface area contributed by atoms with E-state index in [0.717, 1.165) is 6.08 Å². The van der Waals surface area contributed by atoms with Crippen molar-refractivity contribution in [3.63, 3.8) is 0 Å². The SMILES string of the molecule is CNC(=O)c1sccc1C=CC(=O)O. The number of thiophene rings is 1. The smallest absolute Gasteiger partial charge is 0.328 e. The second-order valence-corrected chi connectivity index (χ2v) is 3.37. The van der Waals surface area contributed by atoms with Gasteiger partial charge in [0.2, 0.25) is 0 Å². The molecule has 0 atom stereocenters. The standard InChI is InChI=1S/C9H9NO3S/c1-10-9(13)8-6(4-5-14-8)2-3-7(11)12/h2-5H,1H3,(H,10,13)(H,11,12). The minimum absolute atomic E-state index is 0.204. The summed E-state index contributed by atoms with van der Waals surface area (Å²) in [7, 11) is 1.53. The molecule has 0 aliphatic rings. The molecule has 0 unspecified atom stereocenters. The van der Waals surface area contributed by atoms with Crippen LogP contribution in [-0.4, -0.2) is 24.0 Å². The predicted octanol–water partition coefficient (Wildman–Crippen LogP) is 1.21. The monoisotopic (exact) mass is 211 g/mol. The third-order valence-corrected chi connectivity index (χ3v) is 2.46.